The molecule has 27 heavy (non-hydrogen) atoms. The summed E-state index contributed by atoms with van der Waals surface area (Å²) >= 11 is 0. The Hall–Kier alpha value is -2.99. The molecule has 0 radical (unpaired) electrons. The Balaban J connectivity index is 1.40. The summed E-state index contributed by atoms with van der Waals surface area (Å²) in [7, 11) is 0. The lowest BCUT2D eigenvalue weighted by molar-refractivity contribution is -0.126. The van der Waals surface area contributed by atoms with Crippen LogP contribution in [-0.2, 0) is 16.1 Å². The van der Waals surface area contributed by atoms with Gasteiger partial charge >= 0.3 is 0 Å². The predicted molar refractivity (Wildman–Crippen MR) is 99.4 cm³/mol. The zero-order chi connectivity index (χ0) is 19.1. The third kappa shape index (κ3) is 5.49. The van der Waals surface area contributed by atoms with Gasteiger partial charge in [0.05, 0.1) is 6.61 Å². The number of carbonyl (C=O) groups excluding carboxylic acids is 1. The van der Waals surface area contributed by atoms with Gasteiger partial charge in [0.15, 0.2) is 5.76 Å². The van der Waals surface area contributed by atoms with Crippen molar-refractivity contribution in [2.75, 3.05) is 13.2 Å². The lowest BCUT2D eigenvalue weighted by Crippen LogP contribution is -2.30. The van der Waals surface area contributed by atoms with Gasteiger partial charge in [0, 0.05) is 18.2 Å². The summed E-state index contributed by atoms with van der Waals surface area (Å²) in [6, 6.07) is 17.7. The smallest absolute Gasteiger partial charge is 0.246 e. The fourth-order valence-electron chi connectivity index (χ4n) is 2.60. The zero-order valence-electron chi connectivity index (χ0n) is 15.0. The van der Waals surface area contributed by atoms with E-state index in [9.17, 15) is 9.18 Å². The van der Waals surface area contributed by atoms with E-state index >= 15 is 0 Å². The van der Waals surface area contributed by atoms with E-state index in [4.69, 9.17) is 9.26 Å². The van der Waals surface area contributed by atoms with E-state index in [2.05, 4.69) is 17.4 Å². The average Bonchev–Trinajstić information content (AvgIpc) is 3.16. The molecule has 0 aliphatic rings. The van der Waals surface area contributed by atoms with Crippen molar-refractivity contribution in [2.45, 2.75) is 19.4 Å². The molecule has 6 heteroatoms. The molecule has 0 unspecified atom stereocenters. The van der Waals surface area contributed by atoms with Crippen molar-refractivity contribution in [3.05, 3.63) is 77.7 Å². The normalized spacial score (nSPS) is 11.9. The van der Waals surface area contributed by atoms with Gasteiger partial charge in [0.1, 0.15) is 18.1 Å². The Bertz CT molecular complexity index is 863. The first-order valence-corrected chi connectivity index (χ1v) is 8.73. The van der Waals surface area contributed by atoms with Gasteiger partial charge in [0.25, 0.3) is 0 Å². The number of rotatable bonds is 8. The SMILES string of the molecule is C[C@@H](CNC(=O)COCc1cc(-c2ccc(F)cc2)on1)c1ccccc1. The number of nitrogens with one attached hydrogen (secondary N) is 1. The summed E-state index contributed by atoms with van der Waals surface area (Å²) in [5.74, 6) is 0.258. The number of nitrogens with zero attached hydrogens (tertiary/aromatic N) is 1. The molecule has 5 nitrogen and oxygen atoms in total. The number of ether oxygens (including phenoxy) is 1. The lowest BCUT2D eigenvalue weighted by atomic mass is 10.0. The van der Waals surface area contributed by atoms with E-state index in [-0.39, 0.29) is 30.9 Å². The van der Waals surface area contributed by atoms with E-state index in [1.807, 2.05) is 30.3 Å². The molecular weight excluding hydrogens is 347 g/mol. The maximum Gasteiger partial charge on any atom is 0.246 e. The van der Waals surface area contributed by atoms with Crippen LogP contribution in [0.1, 0.15) is 24.1 Å². The second-order valence-corrected chi connectivity index (χ2v) is 6.30. The summed E-state index contributed by atoms with van der Waals surface area (Å²) < 4.78 is 23.6. The maximum atomic E-state index is 13.0. The van der Waals surface area contributed by atoms with Crippen molar-refractivity contribution in [2.24, 2.45) is 0 Å². The second kappa shape index (κ2) is 9.09. The van der Waals surface area contributed by atoms with Crippen LogP contribution in [0.2, 0.25) is 0 Å². The van der Waals surface area contributed by atoms with Crippen LogP contribution >= 0.6 is 0 Å². The molecule has 0 aliphatic heterocycles. The molecule has 1 N–H and O–H groups in total. The molecule has 0 saturated heterocycles. The summed E-state index contributed by atoms with van der Waals surface area (Å²) in [5.41, 5.74) is 2.47. The minimum absolute atomic E-state index is 0.0553. The molecule has 3 aromatic rings. The topological polar surface area (TPSA) is 64.4 Å². The van der Waals surface area contributed by atoms with E-state index < -0.39 is 0 Å². The lowest BCUT2D eigenvalue weighted by Gasteiger charge is -2.13. The van der Waals surface area contributed by atoms with Crippen molar-refractivity contribution in [1.29, 1.82) is 0 Å². The molecule has 0 fully saturated rings. The molecule has 1 heterocycles. The highest BCUT2D eigenvalue weighted by atomic mass is 19.1. The molecule has 3 rings (SSSR count). The molecule has 1 atom stereocenters. The van der Waals surface area contributed by atoms with Crippen molar-refractivity contribution in [3.63, 3.8) is 0 Å². The summed E-state index contributed by atoms with van der Waals surface area (Å²) in [4.78, 5) is 11.9. The minimum Gasteiger partial charge on any atom is -0.365 e. The van der Waals surface area contributed by atoms with Crippen LogP contribution in [0.5, 0.6) is 0 Å². The summed E-state index contributed by atoms with van der Waals surface area (Å²) in [6.07, 6.45) is 0. The number of benzene rings is 2. The molecule has 0 saturated carbocycles. The first kappa shape index (κ1) is 18.8. The third-order valence-electron chi connectivity index (χ3n) is 4.14. The van der Waals surface area contributed by atoms with Crippen molar-refractivity contribution in [3.8, 4) is 11.3 Å². The van der Waals surface area contributed by atoms with Crippen LogP contribution in [0.25, 0.3) is 11.3 Å². The Kier molecular flexibility index (Phi) is 6.33. The maximum absolute atomic E-state index is 13.0. The van der Waals surface area contributed by atoms with E-state index in [1.54, 1.807) is 18.2 Å². The highest BCUT2D eigenvalue weighted by Gasteiger charge is 2.10. The Morgan fingerprint density at radius 2 is 1.93 bits per heavy atom. The highest BCUT2D eigenvalue weighted by Crippen LogP contribution is 2.20. The fraction of sp³-hybridized carbons (Fsp3) is 0.238. The van der Waals surface area contributed by atoms with Gasteiger partial charge in [-0.15, -0.1) is 0 Å². The minimum atomic E-state index is -0.311. The van der Waals surface area contributed by atoms with Crippen LogP contribution < -0.4 is 5.32 Å². The summed E-state index contributed by atoms with van der Waals surface area (Å²) in [6.45, 7) is 2.71. The Morgan fingerprint density at radius 1 is 1.19 bits per heavy atom. The van der Waals surface area contributed by atoms with Crippen LogP contribution in [0.15, 0.2) is 65.2 Å². The number of hydrogen-bond acceptors (Lipinski definition) is 4. The van der Waals surface area contributed by atoms with Crippen LogP contribution in [-0.4, -0.2) is 24.2 Å². The Labute approximate surface area is 157 Å². The first-order valence-electron chi connectivity index (χ1n) is 8.73. The average molecular weight is 368 g/mol. The van der Waals surface area contributed by atoms with Crippen molar-refractivity contribution >= 4 is 5.91 Å². The molecule has 1 amide bonds. The third-order valence-corrected chi connectivity index (χ3v) is 4.14. The first-order chi connectivity index (χ1) is 13.1. The van der Waals surface area contributed by atoms with Crippen molar-refractivity contribution in [1.82, 2.24) is 10.5 Å². The van der Waals surface area contributed by atoms with Gasteiger partial charge in [-0.05, 0) is 35.7 Å². The Morgan fingerprint density at radius 3 is 2.67 bits per heavy atom. The highest BCUT2D eigenvalue weighted by molar-refractivity contribution is 5.77. The largest absolute Gasteiger partial charge is 0.365 e. The number of hydrogen-bond donors (Lipinski definition) is 1. The molecule has 0 aliphatic carbocycles. The quantitative estimate of drug-likeness (QED) is 0.655. The number of carbonyl (C=O) groups is 1. The predicted octanol–water partition coefficient (Wildman–Crippen LogP) is 3.92. The van der Waals surface area contributed by atoms with Crippen LogP contribution in [0.3, 0.4) is 0 Å². The van der Waals surface area contributed by atoms with Gasteiger partial charge in [-0.25, -0.2) is 4.39 Å². The number of amides is 1. The van der Waals surface area contributed by atoms with Gasteiger partial charge in [0.2, 0.25) is 5.91 Å². The molecular formula is C21H21FN2O3. The zero-order valence-corrected chi connectivity index (χ0v) is 15.0. The van der Waals surface area contributed by atoms with E-state index in [1.165, 1.54) is 17.7 Å². The van der Waals surface area contributed by atoms with Crippen molar-refractivity contribution < 1.29 is 18.4 Å². The van der Waals surface area contributed by atoms with Gasteiger partial charge in [-0.3, -0.25) is 4.79 Å². The molecule has 140 valence electrons. The molecule has 0 bridgehead atoms. The fourth-order valence-corrected chi connectivity index (χ4v) is 2.60. The van der Waals surface area contributed by atoms with Gasteiger partial charge in [-0.1, -0.05) is 42.4 Å². The van der Waals surface area contributed by atoms with E-state index in [0.717, 1.165) is 5.56 Å². The number of aromatic nitrogens is 1. The summed E-state index contributed by atoms with van der Waals surface area (Å²) in [5, 5.41) is 6.76. The number of halogens is 1. The standard InChI is InChI=1S/C21H21FN2O3/c1-15(16-5-3-2-4-6-16)12-23-21(25)14-26-13-19-11-20(27-24-19)17-7-9-18(22)10-8-17/h2-11,15H,12-14H2,1H3,(H,23,25)/t15-/m0/s1. The molecule has 1 aromatic heterocycles. The molecule has 0 spiro atoms. The van der Waals surface area contributed by atoms with Gasteiger partial charge < -0.3 is 14.6 Å². The van der Waals surface area contributed by atoms with E-state index in [0.29, 0.717) is 18.0 Å². The van der Waals surface area contributed by atoms with Crippen LogP contribution in [0, 0.1) is 5.82 Å². The van der Waals surface area contributed by atoms with Gasteiger partial charge in [-0.2, -0.15) is 0 Å². The molecule has 2 aromatic carbocycles. The second-order valence-electron chi connectivity index (χ2n) is 6.30. The monoisotopic (exact) mass is 368 g/mol. The van der Waals surface area contributed by atoms with Crippen LogP contribution in [0.4, 0.5) is 4.39 Å².